The number of para-hydroxylation sites is 2. The molecule has 2 aliphatic rings. The van der Waals surface area contributed by atoms with Crippen LogP contribution < -0.4 is 5.32 Å². The van der Waals surface area contributed by atoms with Gasteiger partial charge in [0.2, 0.25) is 5.91 Å². The second-order valence-electron chi connectivity index (χ2n) is 6.80. The fourth-order valence-corrected chi connectivity index (χ4v) is 4.21. The highest BCUT2D eigenvalue weighted by atomic mass is 16.2. The number of fused-ring (bicyclic) bond motifs is 2. The molecule has 4 rings (SSSR count). The lowest BCUT2D eigenvalue weighted by atomic mass is 9.99. The summed E-state index contributed by atoms with van der Waals surface area (Å²) in [6, 6.07) is 8.87. The van der Waals surface area contributed by atoms with Gasteiger partial charge in [-0.15, -0.1) is 0 Å². The lowest BCUT2D eigenvalue weighted by molar-refractivity contribution is -0.122. The number of imidazole rings is 1. The van der Waals surface area contributed by atoms with Gasteiger partial charge in [0, 0.05) is 18.6 Å². The van der Waals surface area contributed by atoms with Crippen LogP contribution in [-0.2, 0) is 11.3 Å². The normalized spacial score (nSPS) is 24.7. The molecule has 2 atom stereocenters. The minimum Gasteiger partial charge on any atom is -0.350 e. The summed E-state index contributed by atoms with van der Waals surface area (Å²) in [5.74, 6) is 1.00. The van der Waals surface area contributed by atoms with Crippen molar-refractivity contribution in [1.29, 1.82) is 0 Å². The first-order chi connectivity index (χ1) is 11.2. The molecule has 1 N–H and O–H groups in total. The van der Waals surface area contributed by atoms with E-state index in [-0.39, 0.29) is 5.91 Å². The molecular formula is C18H24N4O. The van der Waals surface area contributed by atoms with Gasteiger partial charge in [-0.3, -0.25) is 9.69 Å². The van der Waals surface area contributed by atoms with Gasteiger partial charge in [0.05, 0.1) is 11.0 Å². The summed E-state index contributed by atoms with van der Waals surface area (Å²) in [6.45, 7) is 4.65. The van der Waals surface area contributed by atoms with Crippen LogP contribution in [0.3, 0.4) is 0 Å². The fraction of sp³-hybridized carbons (Fsp3) is 0.556. The van der Waals surface area contributed by atoms with Crippen molar-refractivity contribution in [2.24, 2.45) is 0 Å². The molecular weight excluding hydrogens is 288 g/mol. The van der Waals surface area contributed by atoms with Crippen molar-refractivity contribution >= 4 is 16.9 Å². The van der Waals surface area contributed by atoms with E-state index in [1.807, 2.05) is 35.8 Å². The molecule has 1 amide bonds. The summed E-state index contributed by atoms with van der Waals surface area (Å²) in [6.07, 6.45) is 4.90. The Balaban J connectivity index is 1.46. The number of hydrogen-bond donors (Lipinski definition) is 1. The van der Waals surface area contributed by atoms with Crippen molar-refractivity contribution < 1.29 is 4.79 Å². The van der Waals surface area contributed by atoms with Gasteiger partial charge in [0.25, 0.3) is 0 Å². The van der Waals surface area contributed by atoms with E-state index < -0.39 is 0 Å². The lowest BCUT2D eigenvalue weighted by Gasteiger charge is -2.32. The Bertz CT molecular complexity index is 723. The largest absolute Gasteiger partial charge is 0.350 e. The topological polar surface area (TPSA) is 50.2 Å². The minimum absolute atomic E-state index is 0.105. The molecule has 0 unspecified atom stereocenters. The maximum Gasteiger partial charge on any atom is 0.240 e. The van der Waals surface area contributed by atoms with Gasteiger partial charge in [-0.1, -0.05) is 18.6 Å². The Morgan fingerprint density at radius 2 is 2.13 bits per heavy atom. The van der Waals surface area contributed by atoms with E-state index in [4.69, 9.17) is 0 Å². The van der Waals surface area contributed by atoms with Crippen LogP contribution in [0, 0.1) is 6.92 Å². The number of aryl methyl sites for hydroxylation is 1. The number of hydrogen-bond acceptors (Lipinski definition) is 3. The molecule has 2 aliphatic heterocycles. The molecule has 23 heavy (non-hydrogen) atoms. The molecule has 1 aromatic carbocycles. The average molecular weight is 312 g/mol. The number of carbonyl (C=O) groups is 1. The summed E-state index contributed by atoms with van der Waals surface area (Å²) in [5, 5.41) is 3.28. The fourth-order valence-electron chi connectivity index (χ4n) is 4.21. The van der Waals surface area contributed by atoms with Crippen molar-refractivity contribution in [3.8, 4) is 0 Å². The third-order valence-corrected chi connectivity index (χ3v) is 5.35. The maximum absolute atomic E-state index is 12.6. The average Bonchev–Trinajstić information content (AvgIpc) is 3.10. The molecule has 5 heteroatoms. The van der Waals surface area contributed by atoms with E-state index in [0.29, 0.717) is 18.6 Å². The SMILES string of the molecule is Cc1nc2ccccc2n1CC(=O)N[C@H]1CCN2CCCC[C@H]12. The van der Waals surface area contributed by atoms with E-state index >= 15 is 0 Å². The van der Waals surface area contributed by atoms with Crippen LogP contribution in [0.2, 0.25) is 0 Å². The molecule has 3 heterocycles. The molecule has 1 aromatic heterocycles. The molecule has 122 valence electrons. The van der Waals surface area contributed by atoms with E-state index in [1.165, 1.54) is 25.8 Å². The van der Waals surface area contributed by atoms with Gasteiger partial charge in [-0.25, -0.2) is 4.98 Å². The first-order valence-corrected chi connectivity index (χ1v) is 8.67. The molecule has 2 saturated heterocycles. The highest BCUT2D eigenvalue weighted by Gasteiger charge is 2.36. The highest BCUT2D eigenvalue weighted by molar-refractivity contribution is 5.81. The summed E-state index contributed by atoms with van der Waals surface area (Å²) in [7, 11) is 0. The van der Waals surface area contributed by atoms with E-state index in [0.717, 1.165) is 29.8 Å². The second-order valence-corrected chi connectivity index (χ2v) is 6.80. The minimum atomic E-state index is 0.105. The first-order valence-electron chi connectivity index (χ1n) is 8.67. The Morgan fingerprint density at radius 1 is 1.26 bits per heavy atom. The number of benzene rings is 1. The summed E-state index contributed by atoms with van der Waals surface area (Å²) in [4.78, 5) is 19.6. The summed E-state index contributed by atoms with van der Waals surface area (Å²) < 4.78 is 2.01. The van der Waals surface area contributed by atoms with E-state index in [9.17, 15) is 4.79 Å². The Kier molecular flexibility index (Phi) is 3.81. The van der Waals surface area contributed by atoms with E-state index in [1.54, 1.807) is 0 Å². The third kappa shape index (κ3) is 2.74. The summed E-state index contributed by atoms with van der Waals surface area (Å²) >= 11 is 0. The van der Waals surface area contributed by atoms with Crippen molar-refractivity contribution in [1.82, 2.24) is 19.8 Å². The molecule has 5 nitrogen and oxygen atoms in total. The van der Waals surface area contributed by atoms with Crippen LogP contribution in [0.5, 0.6) is 0 Å². The molecule has 0 saturated carbocycles. The molecule has 2 fully saturated rings. The molecule has 0 radical (unpaired) electrons. The molecule has 0 aliphatic carbocycles. The van der Waals surface area contributed by atoms with Crippen LogP contribution in [0.4, 0.5) is 0 Å². The van der Waals surface area contributed by atoms with Gasteiger partial charge in [-0.2, -0.15) is 0 Å². The van der Waals surface area contributed by atoms with Crippen LogP contribution >= 0.6 is 0 Å². The van der Waals surface area contributed by atoms with Gasteiger partial charge < -0.3 is 9.88 Å². The number of amides is 1. The number of piperidine rings is 1. The Morgan fingerprint density at radius 3 is 3.04 bits per heavy atom. The van der Waals surface area contributed by atoms with Crippen LogP contribution in [0.25, 0.3) is 11.0 Å². The molecule has 2 aromatic rings. The molecule has 0 bridgehead atoms. The number of carbonyl (C=O) groups excluding carboxylic acids is 1. The lowest BCUT2D eigenvalue weighted by Crippen LogP contribution is -2.47. The zero-order valence-electron chi connectivity index (χ0n) is 13.7. The summed E-state index contributed by atoms with van der Waals surface area (Å²) in [5.41, 5.74) is 1.99. The van der Waals surface area contributed by atoms with Gasteiger partial charge in [-0.05, 0) is 44.9 Å². The zero-order valence-corrected chi connectivity index (χ0v) is 13.7. The maximum atomic E-state index is 12.6. The number of aromatic nitrogens is 2. The Hall–Kier alpha value is -1.88. The predicted octanol–water partition coefficient (Wildman–Crippen LogP) is 2.09. The molecule has 0 spiro atoms. The zero-order chi connectivity index (χ0) is 15.8. The van der Waals surface area contributed by atoms with Crippen molar-refractivity contribution in [3.63, 3.8) is 0 Å². The third-order valence-electron chi connectivity index (χ3n) is 5.35. The van der Waals surface area contributed by atoms with Crippen molar-refractivity contribution in [3.05, 3.63) is 30.1 Å². The van der Waals surface area contributed by atoms with Crippen LogP contribution in [-0.4, -0.2) is 45.5 Å². The number of nitrogens with one attached hydrogen (secondary N) is 1. The quantitative estimate of drug-likeness (QED) is 0.944. The van der Waals surface area contributed by atoms with Gasteiger partial charge >= 0.3 is 0 Å². The van der Waals surface area contributed by atoms with E-state index in [2.05, 4.69) is 15.2 Å². The number of rotatable bonds is 3. The van der Waals surface area contributed by atoms with Crippen LogP contribution in [0.15, 0.2) is 24.3 Å². The standard InChI is InChI=1S/C18H24N4O/c1-13-19-14-6-2-3-8-17(14)22(13)12-18(23)20-15-9-11-21-10-5-4-7-16(15)21/h2-3,6,8,15-16H,4-5,7,9-12H2,1H3,(H,20,23)/t15-,16+/m0/s1. The monoisotopic (exact) mass is 312 g/mol. The van der Waals surface area contributed by atoms with Crippen molar-refractivity contribution in [2.75, 3.05) is 13.1 Å². The first kappa shape index (κ1) is 14.7. The smallest absolute Gasteiger partial charge is 0.240 e. The van der Waals surface area contributed by atoms with Gasteiger partial charge in [0.15, 0.2) is 0 Å². The number of nitrogens with zero attached hydrogens (tertiary/aromatic N) is 3. The predicted molar refractivity (Wildman–Crippen MR) is 90.2 cm³/mol. The highest BCUT2D eigenvalue weighted by Crippen LogP contribution is 2.27. The second kappa shape index (κ2) is 5.96. The van der Waals surface area contributed by atoms with Crippen LogP contribution in [0.1, 0.15) is 31.5 Å². The Labute approximate surface area is 136 Å². The van der Waals surface area contributed by atoms with Gasteiger partial charge in [0.1, 0.15) is 12.4 Å². The van der Waals surface area contributed by atoms with Crippen molar-refractivity contribution in [2.45, 2.75) is 51.2 Å².